The van der Waals surface area contributed by atoms with Crippen molar-refractivity contribution in [1.82, 2.24) is 19.7 Å². The second-order valence-corrected chi connectivity index (χ2v) is 7.73. The lowest BCUT2D eigenvalue weighted by Crippen LogP contribution is -2.44. The number of carbonyl (C=O) groups excluding carboxylic acids is 1. The first-order valence-electron chi connectivity index (χ1n) is 10.3. The Labute approximate surface area is 183 Å². The van der Waals surface area contributed by atoms with Gasteiger partial charge in [-0.05, 0) is 36.6 Å². The number of hydrogen-bond acceptors (Lipinski definition) is 5. The molecule has 3 heterocycles. The molecule has 0 spiro atoms. The van der Waals surface area contributed by atoms with Gasteiger partial charge in [0.05, 0.1) is 31.0 Å². The standard InChI is InChI=1S/C22H23F3N6O/c1-3-31-18-11-26-19(28-21(18)29(2)14-20(31)32)8-7-16-10-27-30(13-16)12-15-5-4-6-17(9-15)22(23,24)25/h4-6,9-11,13H,3,7-8,12,14H2,1-2H3. The van der Waals surface area contributed by atoms with Gasteiger partial charge in [0.2, 0.25) is 5.91 Å². The first-order valence-corrected chi connectivity index (χ1v) is 10.3. The number of nitrogens with zero attached hydrogens (tertiary/aromatic N) is 6. The topological polar surface area (TPSA) is 67.2 Å². The molecule has 0 bridgehead atoms. The van der Waals surface area contributed by atoms with Crippen LogP contribution in [0.5, 0.6) is 0 Å². The summed E-state index contributed by atoms with van der Waals surface area (Å²) >= 11 is 0. The summed E-state index contributed by atoms with van der Waals surface area (Å²) in [6.45, 7) is 3.01. The quantitative estimate of drug-likeness (QED) is 0.584. The van der Waals surface area contributed by atoms with Crippen molar-refractivity contribution in [3.05, 3.63) is 65.4 Å². The molecule has 7 nitrogen and oxygen atoms in total. The third-order valence-electron chi connectivity index (χ3n) is 5.36. The first-order chi connectivity index (χ1) is 15.2. The molecule has 3 aromatic rings. The van der Waals surface area contributed by atoms with E-state index in [-0.39, 0.29) is 19.0 Å². The van der Waals surface area contributed by atoms with Gasteiger partial charge in [-0.3, -0.25) is 9.48 Å². The molecule has 0 saturated carbocycles. The molecule has 2 aromatic heterocycles. The number of aryl methyl sites for hydroxylation is 2. The van der Waals surface area contributed by atoms with Crippen LogP contribution in [0.1, 0.15) is 29.4 Å². The molecule has 1 aromatic carbocycles. The van der Waals surface area contributed by atoms with E-state index in [0.717, 1.165) is 23.5 Å². The van der Waals surface area contributed by atoms with Crippen LogP contribution in [0.4, 0.5) is 24.7 Å². The van der Waals surface area contributed by atoms with E-state index < -0.39 is 11.7 Å². The molecule has 1 aliphatic heterocycles. The molecule has 168 valence electrons. The van der Waals surface area contributed by atoms with Crippen molar-refractivity contribution >= 4 is 17.4 Å². The monoisotopic (exact) mass is 444 g/mol. The van der Waals surface area contributed by atoms with Crippen LogP contribution in [0, 0.1) is 0 Å². The van der Waals surface area contributed by atoms with Crippen LogP contribution in [0.3, 0.4) is 0 Å². The van der Waals surface area contributed by atoms with Crippen molar-refractivity contribution in [3.8, 4) is 0 Å². The fraction of sp³-hybridized carbons (Fsp3) is 0.364. The Morgan fingerprint density at radius 1 is 1.12 bits per heavy atom. The molecule has 0 N–H and O–H groups in total. The molecule has 0 atom stereocenters. The van der Waals surface area contributed by atoms with Gasteiger partial charge in [-0.1, -0.05) is 12.1 Å². The molecular formula is C22H23F3N6O. The maximum Gasteiger partial charge on any atom is 0.416 e. The third kappa shape index (κ3) is 4.58. The van der Waals surface area contributed by atoms with Crippen molar-refractivity contribution < 1.29 is 18.0 Å². The van der Waals surface area contributed by atoms with Gasteiger partial charge in [0, 0.05) is 26.2 Å². The van der Waals surface area contributed by atoms with Gasteiger partial charge in [0.15, 0.2) is 5.82 Å². The molecule has 0 unspecified atom stereocenters. The zero-order valence-corrected chi connectivity index (χ0v) is 17.8. The van der Waals surface area contributed by atoms with Crippen LogP contribution in [-0.4, -0.2) is 45.8 Å². The molecule has 0 radical (unpaired) electrons. The maximum atomic E-state index is 12.9. The van der Waals surface area contributed by atoms with E-state index >= 15 is 0 Å². The molecular weight excluding hydrogens is 421 g/mol. The summed E-state index contributed by atoms with van der Waals surface area (Å²) in [5.74, 6) is 1.41. The van der Waals surface area contributed by atoms with Crippen LogP contribution < -0.4 is 9.80 Å². The fourth-order valence-electron chi connectivity index (χ4n) is 3.75. The van der Waals surface area contributed by atoms with Crippen LogP contribution in [0.2, 0.25) is 0 Å². The number of likely N-dealkylation sites (N-methyl/N-ethyl adjacent to an activating group) is 2. The van der Waals surface area contributed by atoms with Crippen molar-refractivity contribution in [2.75, 3.05) is 29.9 Å². The van der Waals surface area contributed by atoms with Gasteiger partial charge in [-0.25, -0.2) is 9.97 Å². The number of alkyl halides is 3. The molecule has 1 amide bonds. The summed E-state index contributed by atoms with van der Waals surface area (Å²) in [6.07, 6.45) is 2.07. The SMILES string of the molecule is CCN1C(=O)CN(C)c2nc(CCc3cnn(Cc4cccc(C(F)(F)F)c4)c3)ncc21. The van der Waals surface area contributed by atoms with Crippen LogP contribution >= 0.6 is 0 Å². The highest BCUT2D eigenvalue weighted by molar-refractivity contribution is 6.01. The molecule has 32 heavy (non-hydrogen) atoms. The van der Waals surface area contributed by atoms with Gasteiger partial charge < -0.3 is 9.80 Å². The number of hydrogen-bond donors (Lipinski definition) is 0. The van der Waals surface area contributed by atoms with Crippen molar-refractivity contribution in [2.24, 2.45) is 0 Å². The molecule has 0 fully saturated rings. The van der Waals surface area contributed by atoms with Gasteiger partial charge >= 0.3 is 6.18 Å². The van der Waals surface area contributed by atoms with E-state index in [9.17, 15) is 18.0 Å². The zero-order chi connectivity index (χ0) is 22.9. The maximum absolute atomic E-state index is 12.9. The van der Waals surface area contributed by atoms with Crippen LogP contribution in [-0.2, 0) is 30.4 Å². The highest BCUT2D eigenvalue weighted by atomic mass is 19.4. The van der Waals surface area contributed by atoms with Gasteiger partial charge in [0.1, 0.15) is 11.5 Å². The van der Waals surface area contributed by atoms with E-state index in [1.165, 1.54) is 6.07 Å². The molecule has 0 aliphatic carbocycles. The Morgan fingerprint density at radius 3 is 2.69 bits per heavy atom. The minimum atomic E-state index is -4.37. The first kappa shape index (κ1) is 21.8. The average Bonchev–Trinajstić information content (AvgIpc) is 3.19. The minimum Gasteiger partial charge on any atom is -0.349 e. The zero-order valence-electron chi connectivity index (χ0n) is 17.8. The predicted octanol–water partition coefficient (Wildman–Crippen LogP) is 3.33. The summed E-state index contributed by atoms with van der Waals surface area (Å²) in [7, 11) is 1.83. The van der Waals surface area contributed by atoms with E-state index in [1.54, 1.807) is 28.0 Å². The Bertz CT molecular complexity index is 1130. The Balaban J connectivity index is 1.42. The number of halogens is 3. The largest absolute Gasteiger partial charge is 0.416 e. The van der Waals surface area contributed by atoms with E-state index in [2.05, 4.69) is 15.1 Å². The Morgan fingerprint density at radius 2 is 1.94 bits per heavy atom. The number of rotatable bonds is 6. The number of amides is 1. The normalized spacial score (nSPS) is 14.1. The summed E-state index contributed by atoms with van der Waals surface area (Å²) in [4.78, 5) is 24.7. The Hall–Kier alpha value is -3.43. The number of anilines is 2. The molecule has 10 heteroatoms. The average molecular weight is 444 g/mol. The van der Waals surface area contributed by atoms with Crippen LogP contribution in [0.15, 0.2) is 42.9 Å². The lowest BCUT2D eigenvalue weighted by molar-refractivity contribution is -0.137. The lowest BCUT2D eigenvalue weighted by Gasteiger charge is -2.33. The summed E-state index contributed by atoms with van der Waals surface area (Å²) in [6, 6.07) is 5.26. The second kappa shape index (κ2) is 8.60. The van der Waals surface area contributed by atoms with Gasteiger partial charge in [-0.15, -0.1) is 0 Å². The number of fused-ring (bicyclic) bond motifs is 1. The fourth-order valence-corrected chi connectivity index (χ4v) is 3.75. The third-order valence-corrected chi connectivity index (χ3v) is 5.36. The Kier molecular flexibility index (Phi) is 5.86. The van der Waals surface area contributed by atoms with Crippen molar-refractivity contribution in [1.29, 1.82) is 0 Å². The van der Waals surface area contributed by atoms with Gasteiger partial charge in [0.25, 0.3) is 0 Å². The number of benzene rings is 1. The van der Waals surface area contributed by atoms with E-state index in [0.29, 0.717) is 36.5 Å². The highest BCUT2D eigenvalue weighted by Crippen LogP contribution is 2.31. The second-order valence-electron chi connectivity index (χ2n) is 7.73. The van der Waals surface area contributed by atoms with Crippen molar-refractivity contribution in [2.45, 2.75) is 32.5 Å². The number of carbonyl (C=O) groups is 1. The molecule has 4 rings (SSSR count). The highest BCUT2D eigenvalue weighted by Gasteiger charge is 2.30. The predicted molar refractivity (Wildman–Crippen MR) is 114 cm³/mol. The summed E-state index contributed by atoms with van der Waals surface area (Å²) in [5.41, 5.74) is 1.52. The summed E-state index contributed by atoms with van der Waals surface area (Å²) in [5, 5.41) is 4.27. The molecule has 1 aliphatic rings. The number of aromatic nitrogens is 4. The van der Waals surface area contributed by atoms with Crippen LogP contribution in [0.25, 0.3) is 0 Å². The smallest absolute Gasteiger partial charge is 0.349 e. The minimum absolute atomic E-state index is 0.0204. The van der Waals surface area contributed by atoms with Crippen molar-refractivity contribution in [3.63, 3.8) is 0 Å². The van der Waals surface area contributed by atoms with E-state index in [4.69, 9.17) is 0 Å². The van der Waals surface area contributed by atoms with E-state index in [1.807, 2.05) is 25.1 Å². The summed E-state index contributed by atoms with van der Waals surface area (Å²) < 4.78 is 40.3. The molecule has 0 saturated heterocycles. The van der Waals surface area contributed by atoms with Gasteiger partial charge in [-0.2, -0.15) is 18.3 Å². The lowest BCUT2D eigenvalue weighted by atomic mass is 10.1.